The minimum absolute atomic E-state index is 0.0322. The van der Waals surface area contributed by atoms with Crippen LogP contribution in [0.15, 0.2) is 24.3 Å². The van der Waals surface area contributed by atoms with Gasteiger partial charge in [0.25, 0.3) is 5.91 Å². The number of amides is 1. The number of thiazole rings is 1. The van der Waals surface area contributed by atoms with E-state index in [0.717, 1.165) is 16.9 Å². The van der Waals surface area contributed by atoms with Crippen LogP contribution in [0, 0.1) is 24.6 Å². The van der Waals surface area contributed by atoms with Crippen LogP contribution >= 0.6 is 34.5 Å². The summed E-state index contributed by atoms with van der Waals surface area (Å²) in [6.45, 7) is 3.10. The first-order valence-corrected chi connectivity index (χ1v) is 11.9. The van der Waals surface area contributed by atoms with Crippen molar-refractivity contribution >= 4 is 51.5 Å². The average Bonchev–Trinajstić information content (AvgIpc) is 3.14. The van der Waals surface area contributed by atoms with Gasteiger partial charge in [-0.1, -0.05) is 46.7 Å². The molecule has 3 heterocycles. The van der Waals surface area contributed by atoms with E-state index in [1.54, 1.807) is 19.1 Å². The number of aromatic nitrogens is 2. The Kier molecular flexibility index (Phi) is 5.58. The molecule has 3 N–H and O–H groups in total. The number of aromatic carboxylic acids is 1. The number of carbonyl (C=O) groups excluding carboxylic acids is 1. The molecule has 1 unspecified atom stereocenters. The molecule has 1 aromatic carbocycles. The van der Waals surface area contributed by atoms with Gasteiger partial charge in [-0.15, -0.1) is 0 Å². The molecule has 1 saturated heterocycles. The molecule has 7 nitrogen and oxygen atoms in total. The number of anilines is 1. The van der Waals surface area contributed by atoms with Crippen molar-refractivity contribution < 1.29 is 19.1 Å². The van der Waals surface area contributed by atoms with Crippen LogP contribution in [0.5, 0.6) is 0 Å². The summed E-state index contributed by atoms with van der Waals surface area (Å²) in [4.78, 5) is 34.1. The summed E-state index contributed by atoms with van der Waals surface area (Å²) in [5.74, 6) is -1.13. The maximum atomic E-state index is 13.2. The van der Waals surface area contributed by atoms with Gasteiger partial charge in [0.1, 0.15) is 16.4 Å². The normalized spacial score (nSPS) is 21.2. The summed E-state index contributed by atoms with van der Waals surface area (Å²) < 4.78 is 13.2. The van der Waals surface area contributed by atoms with Gasteiger partial charge in [-0.05, 0) is 24.6 Å². The number of aromatic amines is 1. The minimum Gasteiger partial charge on any atom is -0.477 e. The summed E-state index contributed by atoms with van der Waals surface area (Å²) in [6.07, 6.45) is 0.316. The zero-order chi connectivity index (χ0) is 23.4. The standard InChI is InChI=1S/C22H19Cl2FN4O3S/c1-9-15(23)16(24)18(26-9)20(30)28-17-12-7-29(8-13(12)17)22-27-14(19(33-22)21(31)32)6-10-2-4-11(25)5-3-10/h2-5,12-13,17,26H,6-8H2,1H3,(H,28,30)(H,31,32)/t12-,13+,17?. The Morgan fingerprint density at radius 2 is 1.91 bits per heavy atom. The number of piperidine rings is 1. The van der Waals surface area contributed by atoms with Gasteiger partial charge in [0.05, 0.1) is 15.7 Å². The van der Waals surface area contributed by atoms with Gasteiger partial charge in [-0.3, -0.25) is 4.79 Å². The number of carbonyl (C=O) groups is 2. The Morgan fingerprint density at radius 3 is 2.48 bits per heavy atom. The molecule has 2 aliphatic rings. The molecule has 33 heavy (non-hydrogen) atoms. The molecule has 3 atom stereocenters. The number of benzene rings is 1. The summed E-state index contributed by atoms with van der Waals surface area (Å²) in [6, 6.07) is 5.99. The van der Waals surface area contributed by atoms with Gasteiger partial charge >= 0.3 is 5.97 Å². The van der Waals surface area contributed by atoms with Gasteiger partial charge in [-0.25, -0.2) is 14.2 Å². The molecule has 1 aliphatic carbocycles. The fraction of sp³-hybridized carbons (Fsp3) is 0.318. The fourth-order valence-corrected chi connectivity index (χ4v) is 5.76. The van der Waals surface area contributed by atoms with Crippen LogP contribution in [0.4, 0.5) is 9.52 Å². The molecule has 1 amide bonds. The lowest BCUT2D eigenvalue weighted by atomic mass is 10.1. The first-order valence-electron chi connectivity index (χ1n) is 10.3. The van der Waals surface area contributed by atoms with E-state index in [1.807, 2.05) is 0 Å². The van der Waals surface area contributed by atoms with Crippen LogP contribution in [-0.4, -0.2) is 46.1 Å². The van der Waals surface area contributed by atoms with Gasteiger partial charge < -0.3 is 20.3 Å². The van der Waals surface area contributed by atoms with Crippen molar-refractivity contribution in [3.05, 3.63) is 67.7 Å². The van der Waals surface area contributed by atoms with Crippen LogP contribution in [0.25, 0.3) is 0 Å². The van der Waals surface area contributed by atoms with Crippen LogP contribution in [0.3, 0.4) is 0 Å². The molecule has 3 aromatic rings. The molecular formula is C22H19Cl2FN4O3S. The highest BCUT2D eigenvalue weighted by Gasteiger charge is 2.57. The molecular weight excluding hydrogens is 490 g/mol. The highest BCUT2D eigenvalue weighted by molar-refractivity contribution is 7.17. The van der Waals surface area contributed by atoms with E-state index in [9.17, 15) is 19.1 Å². The molecule has 1 aliphatic heterocycles. The highest BCUT2D eigenvalue weighted by Crippen LogP contribution is 2.48. The smallest absolute Gasteiger partial charge is 0.347 e. The molecule has 11 heteroatoms. The molecule has 2 fully saturated rings. The number of fused-ring (bicyclic) bond motifs is 1. The lowest BCUT2D eigenvalue weighted by Gasteiger charge is -2.19. The summed E-state index contributed by atoms with van der Waals surface area (Å²) in [5.41, 5.74) is 2.16. The fourth-order valence-electron chi connectivity index (χ4n) is 4.41. The average molecular weight is 509 g/mol. The first kappa shape index (κ1) is 22.2. The van der Waals surface area contributed by atoms with Crippen LogP contribution in [0.1, 0.15) is 37.1 Å². The SMILES string of the molecule is Cc1[nH]c(C(=O)NC2[C@H]3CN(c4nc(Cc5ccc(F)cc5)c(C(=O)O)s4)C[C@@H]23)c(Cl)c1Cl. The number of nitrogens with zero attached hydrogens (tertiary/aromatic N) is 2. The van der Waals surface area contributed by atoms with E-state index in [0.29, 0.717) is 41.1 Å². The van der Waals surface area contributed by atoms with Crippen molar-refractivity contribution in [2.75, 3.05) is 18.0 Å². The number of H-pyrrole nitrogens is 1. The molecule has 172 valence electrons. The molecule has 5 rings (SSSR count). The van der Waals surface area contributed by atoms with Crippen molar-refractivity contribution in [2.45, 2.75) is 19.4 Å². The van der Waals surface area contributed by atoms with Crippen LogP contribution < -0.4 is 10.2 Å². The Morgan fingerprint density at radius 1 is 1.24 bits per heavy atom. The van der Waals surface area contributed by atoms with E-state index in [2.05, 4.69) is 20.2 Å². The third-order valence-electron chi connectivity index (χ3n) is 6.21. The second kappa shape index (κ2) is 8.30. The first-order chi connectivity index (χ1) is 15.7. The quantitative estimate of drug-likeness (QED) is 0.458. The Labute approximate surface area is 202 Å². The number of hydrogen-bond acceptors (Lipinski definition) is 5. The van der Waals surface area contributed by atoms with E-state index < -0.39 is 5.97 Å². The molecule has 1 saturated carbocycles. The van der Waals surface area contributed by atoms with Gasteiger partial charge in [0.15, 0.2) is 5.13 Å². The third-order valence-corrected chi connectivity index (χ3v) is 8.30. The molecule has 0 radical (unpaired) electrons. The summed E-state index contributed by atoms with van der Waals surface area (Å²) in [7, 11) is 0. The number of hydrogen-bond donors (Lipinski definition) is 3. The Balaban J connectivity index is 1.25. The Hall–Kier alpha value is -2.62. The minimum atomic E-state index is -1.03. The van der Waals surface area contributed by atoms with Crippen molar-refractivity contribution in [3.8, 4) is 0 Å². The topological polar surface area (TPSA) is 98.3 Å². The van der Waals surface area contributed by atoms with Crippen molar-refractivity contribution in [3.63, 3.8) is 0 Å². The molecule has 2 aromatic heterocycles. The number of nitrogens with one attached hydrogen (secondary N) is 2. The van der Waals surface area contributed by atoms with Crippen LogP contribution in [-0.2, 0) is 6.42 Å². The monoisotopic (exact) mass is 508 g/mol. The number of halogens is 3. The van der Waals surface area contributed by atoms with E-state index in [1.165, 1.54) is 12.1 Å². The Bertz CT molecular complexity index is 1250. The van der Waals surface area contributed by atoms with E-state index >= 15 is 0 Å². The zero-order valence-corrected chi connectivity index (χ0v) is 19.7. The van der Waals surface area contributed by atoms with Crippen molar-refractivity contribution in [1.29, 1.82) is 0 Å². The summed E-state index contributed by atoms with van der Waals surface area (Å²) in [5, 5.41) is 13.8. The zero-order valence-electron chi connectivity index (χ0n) is 17.4. The predicted octanol–water partition coefficient (Wildman–Crippen LogP) is 4.38. The maximum Gasteiger partial charge on any atom is 0.347 e. The van der Waals surface area contributed by atoms with E-state index in [-0.39, 0.29) is 45.2 Å². The predicted molar refractivity (Wildman–Crippen MR) is 124 cm³/mol. The highest BCUT2D eigenvalue weighted by atomic mass is 35.5. The van der Waals surface area contributed by atoms with E-state index in [4.69, 9.17) is 23.2 Å². The largest absolute Gasteiger partial charge is 0.477 e. The number of carboxylic acids is 1. The van der Waals surface area contributed by atoms with Crippen molar-refractivity contribution in [1.82, 2.24) is 15.3 Å². The second-order valence-electron chi connectivity index (χ2n) is 8.37. The lowest BCUT2D eigenvalue weighted by molar-refractivity contribution is 0.0700. The molecule has 0 spiro atoms. The van der Waals surface area contributed by atoms with Crippen LogP contribution in [0.2, 0.25) is 10.0 Å². The van der Waals surface area contributed by atoms with Gasteiger partial charge in [0, 0.05) is 43.1 Å². The number of aryl methyl sites for hydroxylation is 1. The van der Waals surface area contributed by atoms with Crippen molar-refractivity contribution in [2.24, 2.45) is 11.8 Å². The maximum absolute atomic E-state index is 13.2. The summed E-state index contributed by atoms with van der Waals surface area (Å²) >= 11 is 13.3. The number of rotatable bonds is 6. The lowest BCUT2D eigenvalue weighted by Crippen LogP contribution is -2.34. The third kappa shape index (κ3) is 4.09. The number of carboxylic acid groups (broad SMARTS) is 1. The van der Waals surface area contributed by atoms with Gasteiger partial charge in [0.2, 0.25) is 0 Å². The molecule has 0 bridgehead atoms. The second-order valence-corrected chi connectivity index (χ2v) is 10.1. The van der Waals surface area contributed by atoms with Gasteiger partial charge in [-0.2, -0.15) is 0 Å².